The van der Waals surface area contributed by atoms with Gasteiger partial charge in [0.2, 0.25) is 0 Å². The van der Waals surface area contributed by atoms with Crippen LogP contribution in [0.4, 0.5) is 11.4 Å². The molecule has 2 atom stereocenters. The number of rotatable bonds is 5. The number of amides is 1. The van der Waals surface area contributed by atoms with Gasteiger partial charge in [0, 0.05) is 25.0 Å². The third kappa shape index (κ3) is 3.71. The van der Waals surface area contributed by atoms with E-state index < -0.39 is 0 Å². The van der Waals surface area contributed by atoms with Crippen LogP contribution in [0.15, 0.2) is 24.3 Å². The number of benzene rings is 1. The first-order chi connectivity index (χ1) is 9.60. The zero-order valence-corrected chi connectivity index (χ0v) is 12.0. The van der Waals surface area contributed by atoms with E-state index in [1.807, 2.05) is 43.1 Å². The van der Waals surface area contributed by atoms with Gasteiger partial charge in [-0.15, -0.1) is 0 Å². The Balaban J connectivity index is 1.92. The van der Waals surface area contributed by atoms with Crippen molar-refractivity contribution in [1.82, 2.24) is 0 Å². The SMILES string of the molecule is CC1CCC(C(=O)Nc2ccc(N(C)CCO)cc2)O1. The molecule has 2 N–H and O–H groups in total. The number of hydrogen-bond acceptors (Lipinski definition) is 4. The van der Waals surface area contributed by atoms with E-state index in [2.05, 4.69) is 5.32 Å². The Morgan fingerprint density at radius 2 is 2.10 bits per heavy atom. The van der Waals surface area contributed by atoms with Crippen molar-refractivity contribution >= 4 is 17.3 Å². The summed E-state index contributed by atoms with van der Waals surface area (Å²) < 4.78 is 5.54. The van der Waals surface area contributed by atoms with Crippen LogP contribution in [0.5, 0.6) is 0 Å². The highest BCUT2D eigenvalue weighted by Crippen LogP contribution is 2.21. The second-order valence-electron chi connectivity index (χ2n) is 5.19. The van der Waals surface area contributed by atoms with Gasteiger partial charge in [-0.3, -0.25) is 4.79 Å². The summed E-state index contributed by atoms with van der Waals surface area (Å²) in [6.07, 6.45) is 1.55. The predicted octanol–water partition coefficient (Wildman–Crippen LogP) is 1.62. The fourth-order valence-electron chi connectivity index (χ4n) is 2.30. The van der Waals surface area contributed by atoms with Crippen molar-refractivity contribution in [1.29, 1.82) is 0 Å². The zero-order valence-electron chi connectivity index (χ0n) is 12.0. The summed E-state index contributed by atoms with van der Waals surface area (Å²) in [7, 11) is 1.91. The molecule has 5 nitrogen and oxygen atoms in total. The van der Waals surface area contributed by atoms with E-state index in [0.29, 0.717) is 6.54 Å². The summed E-state index contributed by atoms with van der Waals surface area (Å²) in [6.45, 7) is 2.69. The van der Waals surface area contributed by atoms with Crippen LogP contribution in [-0.2, 0) is 9.53 Å². The van der Waals surface area contributed by atoms with Gasteiger partial charge in [0.15, 0.2) is 0 Å². The molecule has 5 heteroatoms. The van der Waals surface area contributed by atoms with Crippen LogP contribution >= 0.6 is 0 Å². The van der Waals surface area contributed by atoms with Crippen LogP contribution in [0.2, 0.25) is 0 Å². The van der Waals surface area contributed by atoms with Crippen molar-refractivity contribution in [3.63, 3.8) is 0 Å². The first-order valence-electron chi connectivity index (χ1n) is 6.98. The van der Waals surface area contributed by atoms with E-state index in [4.69, 9.17) is 9.84 Å². The lowest BCUT2D eigenvalue weighted by atomic mass is 10.2. The number of ether oxygens (including phenoxy) is 1. The first-order valence-corrected chi connectivity index (χ1v) is 6.98. The number of anilines is 2. The molecule has 1 aliphatic heterocycles. The Bertz CT molecular complexity index is 447. The average Bonchev–Trinajstić information content (AvgIpc) is 2.86. The minimum atomic E-state index is -0.332. The molecule has 110 valence electrons. The molecule has 1 amide bonds. The van der Waals surface area contributed by atoms with Crippen molar-refractivity contribution in [3.8, 4) is 0 Å². The van der Waals surface area contributed by atoms with Crippen molar-refractivity contribution in [2.24, 2.45) is 0 Å². The van der Waals surface area contributed by atoms with Gasteiger partial charge in [-0.25, -0.2) is 0 Å². The molecule has 1 aromatic rings. The van der Waals surface area contributed by atoms with Crippen LogP contribution in [0.1, 0.15) is 19.8 Å². The number of likely N-dealkylation sites (N-methyl/N-ethyl adjacent to an activating group) is 1. The molecule has 1 aliphatic rings. The third-order valence-electron chi connectivity index (χ3n) is 3.54. The van der Waals surface area contributed by atoms with Crippen molar-refractivity contribution in [2.75, 3.05) is 30.4 Å². The Morgan fingerprint density at radius 3 is 2.65 bits per heavy atom. The summed E-state index contributed by atoms with van der Waals surface area (Å²) in [6, 6.07) is 7.56. The highest BCUT2D eigenvalue weighted by Gasteiger charge is 2.28. The Kier molecular flexibility index (Phi) is 4.98. The minimum Gasteiger partial charge on any atom is -0.395 e. The molecule has 0 aromatic heterocycles. The molecule has 1 saturated heterocycles. The fraction of sp³-hybridized carbons (Fsp3) is 0.533. The molecule has 1 heterocycles. The van der Waals surface area contributed by atoms with Crippen molar-refractivity contribution in [3.05, 3.63) is 24.3 Å². The minimum absolute atomic E-state index is 0.0780. The normalized spacial score (nSPS) is 21.8. The Morgan fingerprint density at radius 1 is 1.40 bits per heavy atom. The molecule has 0 saturated carbocycles. The number of aliphatic hydroxyl groups excluding tert-OH is 1. The van der Waals surface area contributed by atoms with E-state index in [1.165, 1.54) is 0 Å². The number of carbonyl (C=O) groups excluding carboxylic acids is 1. The van der Waals surface area contributed by atoms with Crippen molar-refractivity contribution in [2.45, 2.75) is 32.0 Å². The molecule has 1 fully saturated rings. The average molecular weight is 278 g/mol. The second-order valence-corrected chi connectivity index (χ2v) is 5.19. The number of carbonyl (C=O) groups is 1. The maximum Gasteiger partial charge on any atom is 0.253 e. The van der Waals surface area contributed by atoms with E-state index in [1.54, 1.807) is 0 Å². The number of nitrogens with zero attached hydrogens (tertiary/aromatic N) is 1. The van der Waals surface area contributed by atoms with Crippen LogP contribution < -0.4 is 10.2 Å². The van der Waals surface area contributed by atoms with Gasteiger partial charge in [0.05, 0.1) is 12.7 Å². The van der Waals surface area contributed by atoms with Crippen LogP contribution in [0.3, 0.4) is 0 Å². The summed E-state index contributed by atoms with van der Waals surface area (Å²) in [4.78, 5) is 14.0. The first kappa shape index (κ1) is 14.8. The summed E-state index contributed by atoms with van der Waals surface area (Å²) in [5.74, 6) is -0.0780. The maximum absolute atomic E-state index is 12.0. The Labute approximate surface area is 119 Å². The van der Waals surface area contributed by atoms with Gasteiger partial charge in [0.25, 0.3) is 5.91 Å². The summed E-state index contributed by atoms with van der Waals surface area (Å²) in [5.41, 5.74) is 1.77. The molecular weight excluding hydrogens is 256 g/mol. The van der Waals surface area contributed by atoms with E-state index in [9.17, 15) is 4.79 Å². The number of nitrogens with one attached hydrogen (secondary N) is 1. The van der Waals surface area contributed by atoms with E-state index in [-0.39, 0.29) is 24.7 Å². The standard InChI is InChI=1S/C15H22N2O3/c1-11-3-8-14(20-11)15(19)16-12-4-6-13(7-5-12)17(2)9-10-18/h4-7,11,14,18H,3,8-10H2,1-2H3,(H,16,19). The van der Waals surface area contributed by atoms with E-state index in [0.717, 1.165) is 24.2 Å². The lowest BCUT2D eigenvalue weighted by Gasteiger charge is -2.18. The van der Waals surface area contributed by atoms with Crippen LogP contribution in [0.25, 0.3) is 0 Å². The zero-order chi connectivity index (χ0) is 14.5. The van der Waals surface area contributed by atoms with E-state index >= 15 is 0 Å². The summed E-state index contributed by atoms with van der Waals surface area (Å²) in [5, 5.41) is 11.8. The number of hydrogen-bond donors (Lipinski definition) is 2. The quantitative estimate of drug-likeness (QED) is 0.859. The smallest absolute Gasteiger partial charge is 0.253 e. The highest BCUT2D eigenvalue weighted by atomic mass is 16.5. The molecular formula is C15H22N2O3. The van der Waals surface area contributed by atoms with Gasteiger partial charge in [-0.1, -0.05) is 0 Å². The summed E-state index contributed by atoms with van der Waals surface area (Å²) >= 11 is 0. The molecule has 0 radical (unpaired) electrons. The largest absolute Gasteiger partial charge is 0.395 e. The molecule has 2 unspecified atom stereocenters. The third-order valence-corrected chi connectivity index (χ3v) is 3.54. The van der Waals surface area contributed by atoms with Crippen molar-refractivity contribution < 1.29 is 14.6 Å². The second kappa shape index (κ2) is 6.72. The molecule has 0 aliphatic carbocycles. The monoisotopic (exact) mass is 278 g/mol. The van der Waals surface area contributed by atoms with Crippen LogP contribution in [0, 0.1) is 0 Å². The molecule has 2 rings (SSSR count). The topological polar surface area (TPSA) is 61.8 Å². The molecule has 0 spiro atoms. The Hall–Kier alpha value is -1.59. The van der Waals surface area contributed by atoms with Gasteiger partial charge in [0.1, 0.15) is 6.10 Å². The molecule has 20 heavy (non-hydrogen) atoms. The number of aliphatic hydroxyl groups is 1. The van der Waals surface area contributed by atoms with Gasteiger partial charge >= 0.3 is 0 Å². The lowest BCUT2D eigenvalue weighted by Crippen LogP contribution is -2.27. The molecule has 1 aromatic carbocycles. The fourth-order valence-corrected chi connectivity index (χ4v) is 2.30. The maximum atomic E-state index is 12.0. The van der Waals surface area contributed by atoms with Gasteiger partial charge in [-0.2, -0.15) is 0 Å². The highest BCUT2D eigenvalue weighted by molar-refractivity contribution is 5.94. The molecule has 0 bridgehead atoms. The van der Waals surface area contributed by atoms with Gasteiger partial charge < -0.3 is 20.1 Å². The van der Waals surface area contributed by atoms with Gasteiger partial charge in [-0.05, 0) is 44.0 Å². The lowest BCUT2D eigenvalue weighted by molar-refractivity contribution is -0.126. The predicted molar refractivity (Wildman–Crippen MR) is 79.0 cm³/mol. The van der Waals surface area contributed by atoms with Crippen LogP contribution in [-0.4, -0.2) is 43.4 Å².